The lowest BCUT2D eigenvalue weighted by Gasteiger charge is -2.17. The van der Waals surface area contributed by atoms with Crippen molar-refractivity contribution in [1.82, 2.24) is 5.32 Å². The summed E-state index contributed by atoms with van der Waals surface area (Å²) in [6.45, 7) is 0. The summed E-state index contributed by atoms with van der Waals surface area (Å²) < 4.78 is 11.0. The number of ether oxygens (including phenoxy) is 2. The van der Waals surface area contributed by atoms with E-state index in [4.69, 9.17) is 9.47 Å². The standard InChI is InChI=1S/C16H19NO3/c1-17-12(10-18)8-11-9-15(19-2)13-6-4-5-7-14(13)16(11)20-3/h4-7,9-10,12,17H,8H2,1-3H3. The van der Waals surface area contributed by atoms with Crippen molar-refractivity contribution < 1.29 is 14.3 Å². The molecule has 4 nitrogen and oxygen atoms in total. The number of likely N-dealkylation sites (N-methyl/N-ethyl adjacent to an activating group) is 1. The largest absolute Gasteiger partial charge is 0.496 e. The van der Waals surface area contributed by atoms with Crippen LogP contribution in [0.3, 0.4) is 0 Å². The Morgan fingerprint density at radius 3 is 2.45 bits per heavy atom. The fraction of sp³-hybridized carbons (Fsp3) is 0.312. The van der Waals surface area contributed by atoms with Crippen molar-refractivity contribution >= 4 is 17.1 Å². The van der Waals surface area contributed by atoms with Crippen LogP contribution in [0.1, 0.15) is 5.56 Å². The maximum Gasteiger partial charge on any atom is 0.137 e. The second kappa shape index (κ2) is 6.39. The van der Waals surface area contributed by atoms with Crippen LogP contribution in [0.15, 0.2) is 30.3 Å². The molecule has 0 aliphatic carbocycles. The summed E-state index contributed by atoms with van der Waals surface area (Å²) in [5.74, 6) is 1.58. The highest BCUT2D eigenvalue weighted by Crippen LogP contribution is 2.36. The van der Waals surface area contributed by atoms with E-state index in [1.807, 2.05) is 30.3 Å². The molecule has 0 heterocycles. The zero-order valence-corrected chi connectivity index (χ0v) is 12.0. The number of carbonyl (C=O) groups is 1. The number of benzene rings is 2. The van der Waals surface area contributed by atoms with Gasteiger partial charge in [-0.3, -0.25) is 0 Å². The Bertz CT molecular complexity index is 610. The summed E-state index contributed by atoms with van der Waals surface area (Å²) in [4.78, 5) is 11.0. The molecule has 0 aromatic heterocycles. The maximum absolute atomic E-state index is 11.0. The Hall–Kier alpha value is -2.07. The van der Waals surface area contributed by atoms with Crippen LogP contribution in [-0.4, -0.2) is 33.6 Å². The van der Waals surface area contributed by atoms with Gasteiger partial charge >= 0.3 is 0 Å². The van der Waals surface area contributed by atoms with Gasteiger partial charge in [-0.25, -0.2) is 0 Å². The molecule has 0 bridgehead atoms. The van der Waals surface area contributed by atoms with Crippen molar-refractivity contribution in [2.24, 2.45) is 0 Å². The van der Waals surface area contributed by atoms with E-state index >= 15 is 0 Å². The summed E-state index contributed by atoms with van der Waals surface area (Å²) in [5, 5.41) is 4.97. The summed E-state index contributed by atoms with van der Waals surface area (Å²) in [6.07, 6.45) is 1.46. The third-order valence-corrected chi connectivity index (χ3v) is 3.43. The average Bonchev–Trinajstić information content (AvgIpc) is 2.51. The highest BCUT2D eigenvalue weighted by atomic mass is 16.5. The second-order valence-corrected chi connectivity index (χ2v) is 4.55. The molecule has 0 fully saturated rings. The monoisotopic (exact) mass is 273 g/mol. The molecule has 2 aromatic rings. The van der Waals surface area contributed by atoms with Gasteiger partial charge < -0.3 is 19.6 Å². The molecule has 2 aromatic carbocycles. The molecule has 1 N–H and O–H groups in total. The lowest BCUT2D eigenvalue weighted by molar-refractivity contribution is -0.109. The Balaban J connectivity index is 2.61. The molecule has 0 spiro atoms. The lowest BCUT2D eigenvalue weighted by Crippen LogP contribution is -2.29. The Kier molecular flexibility index (Phi) is 4.58. The number of methoxy groups -OCH3 is 2. The van der Waals surface area contributed by atoms with E-state index in [0.717, 1.165) is 34.1 Å². The first kappa shape index (κ1) is 14.3. The predicted octanol–water partition coefficient (Wildman–Crippen LogP) is 2.19. The van der Waals surface area contributed by atoms with Gasteiger partial charge in [0, 0.05) is 16.3 Å². The van der Waals surface area contributed by atoms with Crippen LogP contribution in [-0.2, 0) is 11.2 Å². The van der Waals surface area contributed by atoms with Gasteiger partial charge in [-0.05, 0) is 19.5 Å². The van der Waals surface area contributed by atoms with E-state index in [2.05, 4.69) is 5.32 Å². The van der Waals surface area contributed by atoms with Gasteiger partial charge in [-0.15, -0.1) is 0 Å². The first-order valence-corrected chi connectivity index (χ1v) is 6.50. The zero-order chi connectivity index (χ0) is 14.5. The van der Waals surface area contributed by atoms with Gasteiger partial charge in [0.1, 0.15) is 17.8 Å². The molecule has 0 aliphatic rings. The minimum Gasteiger partial charge on any atom is -0.496 e. The van der Waals surface area contributed by atoms with Gasteiger partial charge in [-0.1, -0.05) is 24.3 Å². The second-order valence-electron chi connectivity index (χ2n) is 4.55. The van der Waals surface area contributed by atoms with Gasteiger partial charge in [-0.2, -0.15) is 0 Å². The molecule has 0 radical (unpaired) electrons. The minimum absolute atomic E-state index is 0.241. The van der Waals surface area contributed by atoms with E-state index in [1.165, 1.54) is 0 Å². The van der Waals surface area contributed by atoms with Crippen LogP contribution < -0.4 is 14.8 Å². The molecule has 0 amide bonds. The van der Waals surface area contributed by atoms with Crippen LogP contribution in [0, 0.1) is 0 Å². The first-order valence-electron chi connectivity index (χ1n) is 6.50. The Morgan fingerprint density at radius 1 is 1.20 bits per heavy atom. The third kappa shape index (κ3) is 2.60. The highest BCUT2D eigenvalue weighted by molar-refractivity contribution is 5.94. The molecule has 1 unspecified atom stereocenters. The van der Waals surface area contributed by atoms with Gasteiger partial charge in [0.25, 0.3) is 0 Å². The fourth-order valence-electron chi connectivity index (χ4n) is 2.39. The molecule has 0 aliphatic heterocycles. The van der Waals surface area contributed by atoms with Gasteiger partial charge in [0.2, 0.25) is 0 Å². The van der Waals surface area contributed by atoms with Crippen LogP contribution >= 0.6 is 0 Å². The molecular weight excluding hydrogens is 254 g/mol. The number of hydrogen-bond acceptors (Lipinski definition) is 4. The number of rotatable bonds is 6. The van der Waals surface area contributed by atoms with Crippen molar-refractivity contribution in [1.29, 1.82) is 0 Å². The van der Waals surface area contributed by atoms with E-state index in [9.17, 15) is 4.79 Å². The van der Waals surface area contributed by atoms with Crippen molar-refractivity contribution in [3.05, 3.63) is 35.9 Å². The average molecular weight is 273 g/mol. The predicted molar refractivity (Wildman–Crippen MR) is 79.7 cm³/mol. The molecule has 20 heavy (non-hydrogen) atoms. The van der Waals surface area contributed by atoms with E-state index < -0.39 is 0 Å². The van der Waals surface area contributed by atoms with E-state index in [1.54, 1.807) is 21.3 Å². The smallest absolute Gasteiger partial charge is 0.137 e. The summed E-state index contributed by atoms with van der Waals surface area (Å²) in [6, 6.07) is 9.62. The Labute approximate surface area is 118 Å². The minimum atomic E-state index is -0.241. The summed E-state index contributed by atoms with van der Waals surface area (Å²) in [5.41, 5.74) is 0.953. The number of fused-ring (bicyclic) bond motifs is 1. The van der Waals surface area contributed by atoms with Crippen LogP contribution in [0.2, 0.25) is 0 Å². The number of hydrogen-bond donors (Lipinski definition) is 1. The van der Waals surface area contributed by atoms with Crippen LogP contribution in [0.5, 0.6) is 11.5 Å². The van der Waals surface area contributed by atoms with Gasteiger partial charge in [0.05, 0.1) is 20.3 Å². The lowest BCUT2D eigenvalue weighted by atomic mass is 9.99. The first-order chi connectivity index (χ1) is 9.74. The molecule has 4 heteroatoms. The summed E-state index contributed by atoms with van der Waals surface area (Å²) in [7, 11) is 5.06. The van der Waals surface area contributed by atoms with E-state index in [0.29, 0.717) is 6.42 Å². The fourth-order valence-corrected chi connectivity index (χ4v) is 2.39. The quantitative estimate of drug-likeness (QED) is 0.820. The molecular formula is C16H19NO3. The van der Waals surface area contributed by atoms with Crippen molar-refractivity contribution in [3.63, 3.8) is 0 Å². The molecule has 0 saturated heterocycles. The Morgan fingerprint density at radius 2 is 1.90 bits per heavy atom. The SMILES string of the molecule is CNC(C=O)Cc1cc(OC)c2ccccc2c1OC. The highest BCUT2D eigenvalue weighted by Gasteiger charge is 2.16. The van der Waals surface area contributed by atoms with Crippen molar-refractivity contribution in [2.75, 3.05) is 21.3 Å². The van der Waals surface area contributed by atoms with Crippen molar-refractivity contribution in [3.8, 4) is 11.5 Å². The molecule has 2 rings (SSSR count). The number of aldehydes is 1. The summed E-state index contributed by atoms with van der Waals surface area (Å²) >= 11 is 0. The topological polar surface area (TPSA) is 47.6 Å². The molecule has 1 atom stereocenters. The number of carbonyl (C=O) groups excluding carboxylic acids is 1. The normalized spacial score (nSPS) is 12.2. The van der Waals surface area contributed by atoms with Gasteiger partial charge in [0.15, 0.2) is 0 Å². The van der Waals surface area contributed by atoms with Crippen LogP contribution in [0.25, 0.3) is 10.8 Å². The maximum atomic E-state index is 11.0. The number of nitrogens with one attached hydrogen (secondary N) is 1. The zero-order valence-electron chi connectivity index (χ0n) is 12.0. The third-order valence-electron chi connectivity index (χ3n) is 3.43. The molecule has 0 saturated carbocycles. The van der Waals surface area contributed by atoms with E-state index in [-0.39, 0.29) is 6.04 Å². The van der Waals surface area contributed by atoms with Crippen LogP contribution in [0.4, 0.5) is 0 Å². The van der Waals surface area contributed by atoms with Crippen molar-refractivity contribution in [2.45, 2.75) is 12.5 Å². The molecule has 106 valence electrons.